The van der Waals surface area contributed by atoms with Gasteiger partial charge in [0, 0.05) is 6.54 Å². The van der Waals surface area contributed by atoms with E-state index in [0.717, 1.165) is 12.5 Å². The number of nitrogens with one attached hydrogen (secondary N) is 1. The largest absolute Gasteiger partial charge is 0.326 e. The highest BCUT2D eigenvalue weighted by atomic mass is 16.2. The van der Waals surface area contributed by atoms with E-state index in [-0.39, 0.29) is 6.04 Å². The zero-order valence-corrected chi connectivity index (χ0v) is 14.2. The molecule has 0 radical (unpaired) electrons. The van der Waals surface area contributed by atoms with E-state index in [1.807, 2.05) is 6.92 Å². The topological polar surface area (TPSA) is 32.3 Å². The first-order valence-corrected chi connectivity index (χ1v) is 9.16. The zero-order chi connectivity index (χ0) is 15.2. The summed E-state index contributed by atoms with van der Waals surface area (Å²) in [5.74, 6) is 1.84. The fourth-order valence-corrected chi connectivity index (χ4v) is 3.90. The van der Waals surface area contributed by atoms with Crippen LogP contribution in [0.4, 0.5) is 0 Å². The van der Waals surface area contributed by atoms with Gasteiger partial charge in [0.1, 0.15) is 0 Å². The number of hydrogen-bond acceptors (Lipinski definition) is 2. The number of nitrogens with zero attached hydrogens (tertiary/aromatic N) is 1. The highest BCUT2D eigenvalue weighted by molar-refractivity contribution is 5.83. The predicted octanol–water partition coefficient (Wildman–Crippen LogP) is 3.93. The van der Waals surface area contributed by atoms with Crippen LogP contribution in [0.5, 0.6) is 0 Å². The van der Waals surface area contributed by atoms with Crippen LogP contribution in [0.25, 0.3) is 0 Å². The van der Waals surface area contributed by atoms with Gasteiger partial charge in [-0.25, -0.2) is 0 Å². The third-order valence-electron chi connectivity index (χ3n) is 5.19. The molecular formula is C18H34N2O. The number of rotatable bonds is 8. The van der Waals surface area contributed by atoms with Crippen molar-refractivity contribution >= 4 is 5.91 Å². The Bertz CT molecular complexity index is 323. The van der Waals surface area contributed by atoms with Gasteiger partial charge in [-0.1, -0.05) is 52.4 Å². The van der Waals surface area contributed by atoms with Crippen molar-refractivity contribution in [2.45, 2.75) is 90.8 Å². The van der Waals surface area contributed by atoms with Crippen molar-refractivity contribution in [2.24, 2.45) is 11.8 Å². The van der Waals surface area contributed by atoms with Crippen molar-refractivity contribution in [3.05, 3.63) is 0 Å². The second-order valence-corrected chi connectivity index (χ2v) is 7.51. The van der Waals surface area contributed by atoms with Crippen LogP contribution >= 0.6 is 0 Å². The molecule has 21 heavy (non-hydrogen) atoms. The first-order valence-electron chi connectivity index (χ1n) is 9.16. The van der Waals surface area contributed by atoms with Crippen molar-refractivity contribution in [3.63, 3.8) is 0 Å². The molecule has 2 aliphatic rings. The van der Waals surface area contributed by atoms with Crippen LogP contribution in [0, 0.1) is 11.8 Å². The van der Waals surface area contributed by atoms with Crippen LogP contribution in [0.1, 0.15) is 78.6 Å². The molecule has 0 aromatic heterocycles. The summed E-state index contributed by atoms with van der Waals surface area (Å²) in [7, 11) is 0. The Morgan fingerprint density at radius 3 is 2.48 bits per heavy atom. The Balaban J connectivity index is 1.72. The van der Waals surface area contributed by atoms with Crippen LogP contribution < -0.4 is 5.32 Å². The minimum absolute atomic E-state index is 0.0246. The van der Waals surface area contributed by atoms with E-state index in [1.165, 1.54) is 57.8 Å². The third-order valence-corrected chi connectivity index (χ3v) is 5.19. The molecule has 3 heteroatoms. The lowest BCUT2D eigenvalue weighted by Crippen LogP contribution is -2.43. The van der Waals surface area contributed by atoms with E-state index >= 15 is 0 Å². The first-order chi connectivity index (χ1) is 10.1. The molecular weight excluding hydrogens is 260 g/mol. The second kappa shape index (κ2) is 8.17. The summed E-state index contributed by atoms with van der Waals surface area (Å²) < 4.78 is 0. The first kappa shape index (κ1) is 16.8. The number of hydrogen-bond donors (Lipinski definition) is 1. The summed E-state index contributed by atoms with van der Waals surface area (Å²) in [4.78, 5) is 14.5. The lowest BCUT2D eigenvalue weighted by atomic mass is 10.0. The van der Waals surface area contributed by atoms with E-state index in [0.29, 0.717) is 18.0 Å². The van der Waals surface area contributed by atoms with Crippen LogP contribution in [0.15, 0.2) is 0 Å². The van der Waals surface area contributed by atoms with Crippen molar-refractivity contribution in [1.29, 1.82) is 0 Å². The van der Waals surface area contributed by atoms with Crippen LogP contribution in [-0.2, 0) is 4.79 Å². The smallest absolute Gasteiger partial charge is 0.240 e. The van der Waals surface area contributed by atoms with Crippen molar-refractivity contribution < 1.29 is 4.79 Å². The van der Waals surface area contributed by atoms with Gasteiger partial charge in [-0.15, -0.1) is 0 Å². The minimum atomic E-state index is 0.0246. The molecule has 3 nitrogen and oxygen atoms in total. The Morgan fingerprint density at radius 1 is 1.14 bits per heavy atom. The predicted molar refractivity (Wildman–Crippen MR) is 88.0 cm³/mol. The number of carbonyl (C=O) groups excluding carboxylic acids is 1. The Morgan fingerprint density at radius 2 is 1.81 bits per heavy atom. The molecule has 2 unspecified atom stereocenters. The molecule has 1 saturated heterocycles. The molecule has 0 spiro atoms. The van der Waals surface area contributed by atoms with Gasteiger partial charge in [-0.2, -0.15) is 0 Å². The minimum Gasteiger partial charge on any atom is -0.326 e. The zero-order valence-electron chi connectivity index (χ0n) is 14.2. The monoisotopic (exact) mass is 294 g/mol. The van der Waals surface area contributed by atoms with Gasteiger partial charge in [0.05, 0.1) is 12.2 Å². The maximum atomic E-state index is 12.3. The van der Waals surface area contributed by atoms with Crippen molar-refractivity contribution in [3.8, 4) is 0 Å². The molecule has 1 aliphatic heterocycles. The molecule has 0 aromatic carbocycles. The summed E-state index contributed by atoms with van der Waals surface area (Å²) in [6.07, 6.45) is 12.0. The number of unbranched alkanes of at least 4 members (excludes halogenated alkanes) is 3. The number of carbonyl (C=O) groups is 1. The molecule has 1 N–H and O–H groups in total. The summed E-state index contributed by atoms with van der Waals surface area (Å²) in [6.45, 7) is 7.57. The van der Waals surface area contributed by atoms with E-state index in [4.69, 9.17) is 0 Å². The van der Waals surface area contributed by atoms with E-state index < -0.39 is 0 Å². The van der Waals surface area contributed by atoms with Crippen LogP contribution in [0.3, 0.4) is 0 Å². The highest BCUT2D eigenvalue weighted by Crippen LogP contribution is 2.32. The lowest BCUT2D eigenvalue weighted by molar-refractivity contribution is -0.130. The molecule has 0 aromatic rings. The van der Waals surface area contributed by atoms with Crippen LogP contribution in [0.2, 0.25) is 0 Å². The van der Waals surface area contributed by atoms with Gasteiger partial charge in [0.25, 0.3) is 0 Å². The van der Waals surface area contributed by atoms with Gasteiger partial charge in [0.15, 0.2) is 0 Å². The number of amides is 1. The Kier molecular flexibility index (Phi) is 6.53. The molecule has 0 bridgehead atoms. The van der Waals surface area contributed by atoms with E-state index in [9.17, 15) is 4.79 Å². The maximum Gasteiger partial charge on any atom is 0.240 e. The molecule has 1 amide bonds. The normalized spacial score (nSPS) is 27.2. The van der Waals surface area contributed by atoms with Gasteiger partial charge in [0.2, 0.25) is 5.91 Å². The molecule has 1 aliphatic carbocycles. The fourth-order valence-electron chi connectivity index (χ4n) is 3.90. The maximum absolute atomic E-state index is 12.3. The van der Waals surface area contributed by atoms with Gasteiger partial charge in [-0.3, -0.25) is 10.1 Å². The summed E-state index contributed by atoms with van der Waals surface area (Å²) in [5, 5.41) is 3.54. The van der Waals surface area contributed by atoms with Gasteiger partial charge >= 0.3 is 0 Å². The average Bonchev–Trinajstić information content (AvgIpc) is 3.05. The fraction of sp³-hybridized carbons (Fsp3) is 0.944. The highest BCUT2D eigenvalue weighted by Gasteiger charge is 2.40. The molecule has 2 fully saturated rings. The van der Waals surface area contributed by atoms with Crippen molar-refractivity contribution in [1.82, 2.24) is 10.2 Å². The molecule has 1 saturated carbocycles. The lowest BCUT2D eigenvalue weighted by Gasteiger charge is -2.29. The van der Waals surface area contributed by atoms with Crippen molar-refractivity contribution in [2.75, 3.05) is 6.54 Å². The van der Waals surface area contributed by atoms with E-state index in [2.05, 4.69) is 24.1 Å². The van der Waals surface area contributed by atoms with Crippen LogP contribution in [-0.4, -0.2) is 29.6 Å². The second-order valence-electron chi connectivity index (χ2n) is 7.51. The molecule has 2 atom stereocenters. The summed E-state index contributed by atoms with van der Waals surface area (Å²) >= 11 is 0. The molecule has 1 heterocycles. The molecule has 122 valence electrons. The standard InChI is InChI=1S/C18H34N2O/c1-14(2)10-6-4-5-9-13-20-17(16-11-7-8-12-16)19-15(3)18(20)21/h14-17,19H,4-13H2,1-3H3. The third kappa shape index (κ3) is 4.70. The van der Waals surface area contributed by atoms with E-state index in [1.54, 1.807) is 0 Å². The van der Waals surface area contributed by atoms with Gasteiger partial charge < -0.3 is 4.90 Å². The Hall–Kier alpha value is -0.570. The SMILES string of the molecule is CC(C)CCCCCCN1C(=O)C(C)NC1C1CCCC1. The Labute approximate surface area is 130 Å². The molecule has 2 rings (SSSR count). The summed E-state index contributed by atoms with van der Waals surface area (Å²) in [5.41, 5.74) is 0. The average molecular weight is 294 g/mol. The summed E-state index contributed by atoms with van der Waals surface area (Å²) in [6, 6.07) is 0.0246. The van der Waals surface area contributed by atoms with Gasteiger partial charge in [-0.05, 0) is 38.0 Å². The quantitative estimate of drug-likeness (QED) is 0.688.